The lowest BCUT2D eigenvalue weighted by molar-refractivity contribution is 0.0978. The van der Waals surface area contributed by atoms with Gasteiger partial charge in [0.1, 0.15) is 0 Å². The van der Waals surface area contributed by atoms with Crippen LogP contribution in [-0.2, 0) is 38.5 Å². The highest BCUT2D eigenvalue weighted by atomic mass is 16.2. The zero-order chi connectivity index (χ0) is 91.6. The van der Waals surface area contributed by atoms with Gasteiger partial charge in [0.05, 0.1) is 46.0 Å². The number of aromatic nitrogens is 7. The number of carbonyl (C=O) groups excluding carboxylic acids is 4. The van der Waals surface area contributed by atoms with Crippen molar-refractivity contribution in [3.63, 3.8) is 0 Å². The first-order valence-electron chi connectivity index (χ1n) is 45.4. The minimum Gasteiger partial charge on any atom is -0.311 e. The van der Waals surface area contributed by atoms with Gasteiger partial charge in [-0.3, -0.25) is 44.1 Å². The number of rotatable bonds is 30. The molecule has 0 saturated carbocycles. The number of pyridine rings is 5. The van der Waals surface area contributed by atoms with Crippen LogP contribution in [0.5, 0.6) is 0 Å². The first-order chi connectivity index (χ1) is 62.7. The Balaban J connectivity index is 0.792. The molecule has 0 aliphatic heterocycles. The van der Waals surface area contributed by atoms with Gasteiger partial charge in [0.15, 0.2) is 5.82 Å². The van der Waals surface area contributed by atoms with Crippen molar-refractivity contribution in [3.05, 3.63) is 354 Å². The molecule has 0 unspecified atom stereocenters. The van der Waals surface area contributed by atoms with E-state index in [1.807, 2.05) is 191 Å². The Morgan fingerprint density at radius 1 is 0.231 bits per heavy atom. The van der Waals surface area contributed by atoms with E-state index in [4.69, 9.17) is 15.0 Å². The molecule has 130 heavy (non-hydrogen) atoms. The number of hydrogen-bond acceptors (Lipinski definition) is 11. The number of anilines is 4. The van der Waals surface area contributed by atoms with Crippen LogP contribution in [0.15, 0.2) is 298 Å². The molecule has 0 atom stereocenters. The summed E-state index contributed by atoms with van der Waals surface area (Å²) in [6.45, 7) is 26.3. The van der Waals surface area contributed by atoms with E-state index in [1.165, 1.54) is 0 Å². The molecule has 0 spiro atoms. The summed E-state index contributed by atoms with van der Waals surface area (Å²) in [5, 5.41) is 0. The zero-order valence-electron chi connectivity index (χ0n) is 77.5. The van der Waals surface area contributed by atoms with E-state index >= 15 is 19.2 Å². The smallest absolute Gasteiger partial charge is 0.258 e. The van der Waals surface area contributed by atoms with Crippen LogP contribution in [-0.4, -0.2) is 86.7 Å². The SMILES string of the molecule is CC(C)Cc1cc(-c2ccnc(-c3ccc(-c4ccccc4-c4cc(C(=O)N(C)c5ccc(-c6ccccn6)cc5CC(C)C)cc(C(=O)N(C)c5cnc(-c6ccccn6)cc5CC(C)C)c4)c(CC(C)C)c3)n2)ccc1-c1ccccc1-c1cc(C(=O)N(C)c2ccc(-c3ccccn3)cc2CC(C)C)cc(C(=O)N(C)c2ccc(-c3ccccn3)cc2CC(C)C)c1. The molecule has 0 fully saturated rings. The van der Waals surface area contributed by atoms with Crippen molar-refractivity contribution in [1.82, 2.24) is 34.9 Å². The fourth-order valence-electron chi connectivity index (χ4n) is 17.8. The maximum atomic E-state index is 15.7. The number of amides is 4. The van der Waals surface area contributed by atoms with Crippen LogP contribution >= 0.6 is 0 Å². The van der Waals surface area contributed by atoms with Crippen LogP contribution in [0.1, 0.15) is 158 Å². The summed E-state index contributed by atoms with van der Waals surface area (Å²) < 4.78 is 0. The van der Waals surface area contributed by atoms with Gasteiger partial charge in [-0.25, -0.2) is 9.97 Å². The Morgan fingerprint density at radius 3 is 0.892 bits per heavy atom. The predicted octanol–water partition coefficient (Wildman–Crippen LogP) is 26.4. The number of carbonyl (C=O) groups is 4. The highest BCUT2D eigenvalue weighted by Crippen LogP contribution is 2.43. The fourth-order valence-corrected chi connectivity index (χ4v) is 17.8. The third-order valence-corrected chi connectivity index (χ3v) is 23.8. The molecule has 0 saturated heterocycles. The van der Waals surface area contributed by atoms with E-state index in [9.17, 15) is 0 Å². The normalized spacial score (nSPS) is 11.5. The van der Waals surface area contributed by atoms with Crippen molar-refractivity contribution in [2.75, 3.05) is 47.8 Å². The molecule has 9 aromatic carbocycles. The van der Waals surface area contributed by atoms with E-state index in [0.717, 1.165) is 178 Å². The average Bonchev–Trinajstić information content (AvgIpc) is 0.769. The summed E-state index contributed by atoms with van der Waals surface area (Å²) >= 11 is 0. The summed E-state index contributed by atoms with van der Waals surface area (Å²) in [5.41, 5.74) is 27.1. The molecule has 15 rings (SSSR count). The monoisotopic (exact) mass is 1710 g/mol. The molecule has 0 radical (unpaired) electrons. The van der Waals surface area contributed by atoms with E-state index in [1.54, 1.807) is 69.8 Å². The number of nitrogens with zero attached hydrogens (tertiary/aromatic N) is 11. The molecule has 15 nitrogen and oxygen atoms in total. The Labute approximate surface area is 766 Å². The standard InChI is InChI=1S/C115H115N11O4/c1-72(2)53-83-59-81(37-42-97(83)99-31-19-17-29-95(99)85-64-91(112(127)123(13)107-44-39-78(60-87(107)55-74(5)6)101-33-21-25-48-116-101)68-92(65-85)113(128)124(14)108-45-40-79(61-88(108)56-75(7)8)102-34-22-26-49-117-102)104-47-52-120-111(122-104)82-38-43-98(84(63-82)54-73(3)4)100-32-20-18-30-96(100)86-66-93(114(129)125(15)109-46-41-80(62-89(109)57-76(9)10)103-35-23-27-50-118-103)69-94(67-86)115(130)126(16)110-71-121-106(70-90(110)58-77(11)12)105-36-24-28-51-119-105/h17-52,59-77H,53-58H2,1-16H3. The minimum atomic E-state index is -0.296. The molecular formula is C115H115N11O4. The molecule has 0 aliphatic carbocycles. The first-order valence-corrected chi connectivity index (χ1v) is 45.4. The van der Waals surface area contributed by atoms with Crippen molar-refractivity contribution in [2.45, 2.75) is 122 Å². The molecule has 4 amide bonds. The number of benzene rings is 9. The van der Waals surface area contributed by atoms with E-state index in [2.05, 4.69) is 188 Å². The molecule has 6 aromatic heterocycles. The van der Waals surface area contributed by atoms with Crippen molar-refractivity contribution >= 4 is 46.4 Å². The van der Waals surface area contributed by atoms with Gasteiger partial charge in [-0.15, -0.1) is 0 Å². The van der Waals surface area contributed by atoms with Crippen molar-refractivity contribution in [2.24, 2.45) is 35.5 Å². The molecule has 15 heteroatoms. The van der Waals surface area contributed by atoms with Gasteiger partial charge in [-0.05, 0) is 298 Å². The van der Waals surface area contributed by atoms with Crippen LogP contribution in [0, 0.1) is 35.5 Å². The molecular weight excluding hydrogens is 1600 g/mol. The lowest BCUT2D eigenvalue weighted by atomic mass is 9.86. The second-order valence-electron chi connectivity index (χ2n) is 36.8. The van der Waals surface area contributed by atoms with Gasteiger partial charge in [0.2, 0.25) is 0 Å². The largest absolute Gasteiger partial charge is 0.311 e. The number of hydrogen-bond donors (Lipinski definition) is 0. The second kappa shape index (κ2) is 40.3. The lowest BCUT2D eigenvalue weighted by Gasteiger charge is -2.25. The topological polar surface area (TPSA) is 171 Å². The molecule has 0 N–H and O–H groups in total. The maximum absolute atomic E-state index is 15.7. The maximum Gasteiger partial charge on any atom is 0.258 e. The van der Waals surface area contributed by atoms with Gasteiger partial charge < -0.3 is 19.6 Å². The van der Waals surface area contributed by atoms with Crippen LogP contribution in [0.2, 0.25) is 0 Å². The zero-order valence-corrected chi connectivity index (χ0v) is 77.5. The molecule has 0 aliphatic rings. The Hall–Kier alpha value is -14.3. The predicted molar refractivity (Wildman–Crippen MR) is 533 cm³/mol. The van der Waals surface area contributed by atoms with Crippen LogP contribution in [0.25, 0.3) is 112 Å². The fraction of sp³-hybridized carbons (Fsp3) is 0.243. The van der Waals surface area contributed by atoms with Gasteiger partial charge in [0, 0.05) is 126 Å². The van der Waals surface area contributed by atoms with E-state index in [0.29, 0.717) is 51.4 Å². The quantitative estimate of drug-likeness (QED) is 0.0419. The summed E-state index contributed by atoms with van der Waals surface area (Å²) in [4.78, 5) is 104. The van der Waals surface area contributed by atoms with Crippen LogP contribution < -0.4 is 19.6 Å². The summed E-state index contributed by atoms with van der Waals surface area (Å²) in [6, 6.07) is 86.9. The third-order valence-electron chi connectivity index (χ3n) is 23.8. The van der Waals surface area contributed by atoms with Gasteiger partial charge in [-0.2, -0.15) is 0 Å². The Bertz CT molecular complexity index is 5970. The Kier molecular flexibility index (Phi) is 28.1. The molecule has 0 bridgehead atoms. The first kappa shape index (κ1) is 90.5. The third kappa shape index (κ3) is 20.8. The Morgan fingerprint density at radius 2 is 0.531 bits per heavy atom. The highest BCUT2D eigenvalue weighted by molar-refractivity contribution is 6.14. The van der Waals surface area contributed by atoms with E-state index < -0.39 is 0 Å². The van der Waals surface area contributed by atoms with Crippen molar-refractivity contribution < 1.29 is 19.2 Å². The summed E-state index contributed by atoms with van der Waals surface area (Å²) in [5.74, 6) is 1.09. The van der Waals surface area contributed by atoms with Crippen molar-refractivity contribution in [3.8, 4) is 112 Å². The van der Waals surface area contributed by atoms with Crippen LogP contribution in [0.3, 0.4) is 0 Å². The second-order valence-corrected chi connectivity index (χ2v) is 36.8. The van der Waals surface area contributed by atoms with Gasteiger partial charge in [-0.1, -0.05) is 198 Å². The highest BCUT2D eigenvalue weighted by Gasteiger charge is 2.30. The van der Waals surface area contributed by atoms with Crippen molar-refractivity contribution in [1.29, 1.82) is 0 Å². The van der Waals surface area contributed by atoms with Gasteiger partial charge >= 0.3 is 0 Å². The van der Waals surface area contributed by atoms with Gasteiger partial charge in [0.25, 0.3) is 23.6 Å². The molecule has 654 valence electrons. The van der Waals surface area contributed by atoms with Crippen LogP contribution in [0.4, 0.5) is 22.7 Å². The minimum absolute atomic E-state index is 0.241. The molecule has 15 aromatic rings. The van der Waals surface area contributed by atoms with E-state index in [-0.39, 0.29) is 59.1 Å². The summed E-state index contributed by atoms with van der Waals surface area (Å²) in [6.07, 6.45) is 15.0. The average molecular weight is 1720 g/mol. The summed E-state index contributed by atoms with van der Waals surface area (Å²) in [7, 11) is 7.27. The molecule has 6 heterocycles. The lowest BCUT2D eigenvalue weighted by Crippen LogP contribution is -2.30.